The highest BCUT2D eigenvalue weighted by Crippen LogP contribution is 2.27. The molecule has 0 fully saturated rings. The zero-order chi connectivity index (χ0) is 22.4. The van der Waals surface area contributed by atoms with Crippen molar-refractivity contribution in [1.29, 1.82) is 5.26 Å². The van der Waals surface area contributed by atoms with E-state index in [0.29, 0.717) is 28.6 Å². The number of ether oxygens (including phenoxy) is 1. The minimum absolute atomic E-state index is 0.0197. The van der Waals surface area contributed by atoms with Crippen LogP contribution in [0.2, 0.25) is 5.02 Å². The van der Waals surface area contributed by atoms with Gasteiger partial charge in [-0.25, -0.2) is 4.39 Å². The molecule has 6 heteroatoms. The van der Waals surface area contributed by atoms with Crippen LogP contribution in [-0.2, 0) is 11.4 Å². The van der Waals surface area contributed by atoms with Gasteiger partial charge in [0, 0.05) is 10.7 Å². The number of hydrogen-bond acceptors (Lipinski definition) is 3. The van der Waals surface area contributed by atoms with Gasteiger partial charge in [-0.05, 0) is 90.7 Å². The molecule has 0 aliphatic heterocycles. The average Bonchev–Trinajstić information content (AvgIpc) is 2.74. The second kappa shape index (κ2) is 9.92. The lowest BCUT2D eigenvalue weighted by molar-refractivity contribution is -0.112. The van der Waals surface area contributed by atoms with Gasteiger partial charge in [-0.15, -0.1) is 0 Å². The topological polar surface area (TPSA) is 62.1 Å². The van der Waals surface area contributed by atoms with E-state index >= 15 is 0 Å². The van der Waals surface area contributed by atoms with Crippen molar-refractivity contribution in [1.82, 2.24) is 0 Å². The Morgan fingerprint density at radius 1 is 1.10 bits per heavy atom. The van der Waals surface area contributed by atoms with E-state index in [9.17, 15) is 14.4 Å². The minimum Gasteiger partial charge on any atom is -0.488 e. The van der Waals surface area contributed by atoms with Crippen molar-refractivity contribution in [2.45, 2.75) is 20.5 Å². The molecule has 0 aliphatic rings. The summed E-state index contributed by atoms with van der Waals surface area (Å²) in [6, 6.07) is 18.4. The fourth-order valence-corrected chi connectivity index (χ4v) is 3.20. The van der Waals surface area contributed by atoms with Crippen LogP contribution in [-0.4, -0.2) is 5.91 Å². The highest BCUT2D eigenvalue weighted by molar-refractivity contribution is 6.30. The third-order valence-electron chi connectivity index (χ3n) is 4.56. The van der Waals surface area contributed by atoms with E-state index in [4.69, 9.17) is 16.3 Å². The van der Waals surface area contributed by atoms with Crippen molar-refractivity contribution in [3.8, 4) is 11.8 Å². The van der Waals surface area contributed by atoms with Crippen LogP contribution in [0.1, 0.15) is 22.3 Å². The van der Waals surface area contributed by atoms with Crippen molar-refractivity contribution >= 4 is 29.3 Å². The van der Waals surface area contributed by atoms with Crippen LogP contribution in [0.3, 0.4) is 0 Å². The lowest BCUT2D eigenvalue weighted by Gasteiger charge is -2.13. The molecule has 0 saturated heterocycles. The van der Waals surface area contributed by atoms with Gasteiger partial charge in [0.2, 0.25) is 0 Å². The number of carbonyl (C=O) groups excluding carboxylic acids is 1. The summed E-state index contributed by atoms with van der Waals surface area (Å²) in [7, 11) is 0. The quantitative estimate of drug-likeness (QED) is 0.370. The molecule has 0 atom stereocenters. The second-order valence-electron chi connectivity index (χ2n) is 7.03. The predicted molar refractivity (Wildman–Crippen MR) is 120 cm³/mol. The van der Waals surface area contributed by atoms with Gasteiger partial charge >= 0.3 is 0 Å². The number of aryl methyl sites for hydroxylation is 2. The number of nitriles is 1. The van der Waals surface area contributed by atoms with Crippen molar-refractivity contribution < 1.29 is 13.9 Å². The molecule has 0 radical (unpaired) electrons. The van der Waals surface area contributed by atoms with Crippen molar-refractivity contribution in [3.63, 3.8) is 0 Å². The largest absolute Gasteiger partial charge is 0.488 e. The highest BCUT2D eigenvalue weighted by Gasteiger charge is 2.12. The molecule has 156 valence electrons. The maximum Gasteiger partial charge on any atom is 0.266 e. The Morgan fingerprint density at radius 3 is 2.29 bits per heavy atom. The van der Waals surface area contributed by atoms with Gasteiger partial charge in [0.25, 0.3) is 5.91 Å². The molecule has 3 aromatic carbocycles. The summed E-state index contributed by atoms with van der Waals surface area (Å²) in [5, 5.41) is 12.7. The van der Waals surface area contributed by atoms with Gasteiger partial charge in [-0.2, -0.15) is 5.26 Å². The standard InChI is InChI=1S/C25H20ClFN2O2/c1-16-11-19(12-17(2)24(16)31-15-18-3-7-22(27)8-4-18)13-20(14-28)25(30)29-23-9-5-21(26)6-10-23/h3-13H,15H2,1-2H3,(H,29,30)/b20-13+. The van der Waals surface area contributed by atoms with Crippen LogP contribution in [0.25, 0.3) is 6.08 Å². The number of rotatable bonds is 6. The predicted octanol–water partition coefficient (Wildman–Crippen LogP) is 6.22. The van der Waals surface area contributed by atoms with Crippen LogP contribution in [0.4, 0.5) is 10.1 Å². The van der Waals surface area contributed by atoms with E-state index in [1.165, 1.54) is 18.2 Å². The molecule has 0 aliphatic carbocycles. The Balaban J connectivity index is 1.76. The molecule has 4 nitrogen and oxygen atoms in total. The van der Waals surface area contributed by atoms with Crippen LogP contribution in [0.15, 0.2) is 66.2 Å². The van der Waals surface area contributed by atoms with E-state index in [1.807, 2.05) is 32.0 Å². The van der Waals surface area contributed by atoms with Gasteiger partial charge in [0.1, 0.15) is 29.8 Å². The molecule has 3 aromatic rings. The van der Waals surface area contributed by atoms with Gasteiger partial charge in [0.15, 0.2) is 0 Å². The molecule has 0 aromatic heterocycles. The Kier molecular flexibility index (Phi) is 7.07. The zero-order valence-electron chi connectivity index (χ0n) is 17.1. The number of anilines is 1. The molecular weight excluding hydrogens is 415 g/mol. The molecular formula is C25H20ClFN2O2. The number of hydrogen-bond donors (Lipinski definition) is 1. The fourth-order valence-electron chi connectivity index (χ4n) is 3.08. The first-order valence-corrected chi connectivity index (χ1v) is 9.90. The first-order valence-electron chi connectivity index (χ1n) is 9.53. The summed E-state index contributed by atoms with van der Waals surface area (Å²) in [6.45, 7) is 4.10. The highest BCUT2D eigenvalue weighted by atomic mass is 35.5. The summed E-state index contributed by atoms with van der Waals surface area (Å²) >= 11 is 5.85. The maximum atomic E-state index is 13.0. The minimum atomic E-state index is -0.503. The molecule has 31 heavy (non-hydrogen) atoms. The normalized spacial score (nSPS) is 11.0. The molecule has 0 bridgehead atoms. The summed E-state index contributed by atoms with van der Waals surface area (Å²) < 4.78 is 19.0. The summed E-state index contributed by atoms with van der Waals surface area (Å²) in [5.41, 5.74) is 3.83. The Hall–Kier alpha value is -3.62. The molecule has 1 N–H and O–H groups in total. The van der Waals surface area contributed by atoms with Crippen LogP contribution < -0.4 is 10.1 Å². The number of benzene rings is 3. The van der Waals surface area contributed by atoms with Crippen LogP contribution >= 0.6 is 11.6 Å². The molecule has 0 unspecified atom stereocenters. The van der Waals surface area contributed by atoms with E-state index in [1.54, 1.807) is 36.4 Å². The molecule has 0 heterocycles. The maximum absolute atomic E-state index is 13.0. The van der Waals surface area contributed by atoms with E-state index in [0.717, 1.165) is 16.7 Å². The Morgan fingerprint density at radius 2 is 1.71 bits per heavy atom. The summed E-state index contributed by atoms with van der Waals surface area (Å²) in [4.78, 5) is 12.5. The van der Waals surface area contributed by atoms with Gasteiger partial charge in [-0.1, -0.05) is 23.7 Å². The van der Waals surface area contributed by atoms with Gasteiger partial charge in [0.05, 0.1) is 0 Å². The summed E-state index contributed by atoms with van der Waals surface area (Å²) in [6.07, 6.45) is 1.54. The number of nitrogens with zero attached hydrogens (tertiary/aromatic N) is 1. The van der Waals surface area contributed by atoms with Crippen LogP contribution in [0.5, 0.6) is 5.75 Å². The number of halogens is 2. The summed E-state index contributed by atoms with van der Waals surface area (Å²) in [5.74, 6) is -0.0805. The Labute approximate surface area is 185 Å². The second-order valence-corrected chi connectivity index (χ2v) is 7.47. The molecule has 0 spiro atoms. The van der Waals surface area contributed by atoms with E-state index in [-0.39, 0.29) is 11.4 Å². The van der Waals surface area contributed by atoms with Crippen molar-refractivity contribution in [2.75, 3.05) is 5.32 Å². The number of nitrogens with one attached hydrogen (secondary N) is 1. The van der Waals surface area contributed by atoms with Crippen molar-refractivity contribution in [2.24, 2.45) is 0 Å². The monoisotopic (exact) mass is 434 g/mol. The zero-order valence-corrected chi connectivity index (χ0v) is 17.8. The first kappa shape index (κ1) is 22.1. The third kappa shape index (κ3) is 5.94. The van der Waals surface area contributed by atoms with Gasteiger partial charge in [-0.3, -0.25) is 4.79 Å². The number of amides is 1. The molecule has 3 rings (SSSR count). The smallest absolute Gasteiger partial charge is 0.266 e. The average molecular weight is 435 g/mol. The van der Waals surface area contributed by atoms with E-state index in [2.05, 4.69) is 5.32 Å². The van der Waals surface area contributed by atoms with Crippen LogP contribution in [0, 0.1) is 31.0 Å². The lowest BCUT2D eigenvalue weighted by atomic mass is 10.0. The fraction of sp³-hybridized carbons (Fsp3) is 0.120. The molecule has 0 saturated carbocycles. The number of carbonyl (C=O) groups is 1. The van der Waals surface area contributed by atoms with E-state index < -0.39 is 5.91 Å². The Bertz CT molecular complexity index is 1140. The first-order chi connectivity index (χ1) is 14.9. The van der Waals surface area contributed by atoms with Gasteiger partial charge < -0.3 is 10.1 Å². The third-order valence-corrected chi connectivity index (χ3v) is 4.81. The SMILES string of the molecule is Cc1cc(/C=C(\C#N)C(=O)Nc2ccc(Cl)cc2)cc(C)c1OCc1ccc(F)cc1. The van der Waals surface area contributed by atoms with Crippen molar-refractivity contribution in [3.05, 3.63) is 99.3 Å². The molecule has 1 amide bonds. The lowest BCUT2D eigenvalue weighted by Crippen LogP contribution is -2.13.